The van der Waals surface area contributed by atoms with Gasteiger partial charge in [-0.05, 0) is 36.6 Å². The van der Waals surface area contributed by atoms with Gasteiger partial charge < -0.3 is 14.7 Å². The van der Waals surface area contributed by atoms with Crippen LogP contribution in [0.2, 0.25) is 0 Å². The van der Waals surface area contributed by atoms with Crippen molar-refractivity contribution < 1.29 is 19.0 Å². The van der Waals surface area contributed by atoms with Crippen LogP contribution in [0.25, 0.3) is 0 Å². The van der Waals surface area contributed by atoms with Crippen molar-refractivity contribution >= 4 is 5.91 Å². The number of β-amino-alcohol motifs (C(OH)–C–C–N with tert-alkyl or cyclic N) is 1. The smallest absolute Gasteiger partial charge is 0.236 e. The van der Waals surface area contributed by atoms with Crippen LogP contribution in [0.4, 0.5) is 4.39 Å². The minimum absolute atomic E-state index is 0.0389. The molecule has 1 aromatic rings. The second-order valence-electron chi connectivity index (χ2n) is 6.29. The van der Waals surface area contributed by atoms with Crippen molar-refractivity contribution in [3.63, 3.8) is 0 Å². The molecular weight excluding hydrogens is 299 g/mol. The number of likely N-dealkylation sites (tertiary alicyclic amines) is 1. The minimum atomic E-state index is -0.431. The summed E-state index contributed by atoms with van der Waals surface area (Å²) in [4.78, 5) is 15.8. The van der Waals surface area contributed by atoms with Crippen molar-refractivity contribution in [1.82, 2.24) is 9.80 Å². The molecular formula is C17H25FN2O3. The summed E-state index contributed by atoms with van der Waals surface area (Å²) >= 11 is 0. The summed E-state index contributed by atoms with van der Waals surface area (Å²) in [7, 11) is 3.12. The highest BCUT2D eigenvalue weighted by Gasteiger charge is 2.26. The Bertz CT molecular complexity index is 553. The van der Waals surface area contributed by atoms with Gasteiger partial charge in [-0.2, -0.15) is 0 Å². The quantitative estimate of drug-likeness (QED) is 0.892. The van der Waals surface area contributed by atoms with Crippen LogP contribution in [-0.4, -0.2) is 60.7 Å². The molecule has 1 saturated heterocycles. The van der Waals surface area contributed by atoms with Crippen LogP contribution in [0.1, 0.15) is 18.9 Å². The number of ether oxygens (including phenoxy) is 1. The SMILES string of the molecule is COc1ccc(CN(C)C(=O)CN2CCC(C)C(O)C2)cc1F. The first kappa shape index (κ1) is 17.7. The molecule has 1 aliphatic rings. The van der Waals surface area contributed by atoms with Crippen molar-refractivity contribution in [3.05, 3.63) is 29.6 Å². The zero-order valence-electron chi connectivity index (χ0n) is 14.0. The molecule has 2 atom stereocenters. The molecule has 1 amide bonds. The van der Waals surface area contributed by atoms with Gasteiger partial charge in [-0.3, -0.25) is 9.69 Å². The minimum Gasteiger partial charge on any atom is -0.494 e. The number of piperidine rings is 1. The first-order chi connectivity index (χ1) is 10.9. The molecule has 23 heavy (non-hydrogen) atoms. The average Bonchev–Trinajstić information content (AvgIpc) is 2.51. The van der Waals surface area contributed by atoms with Gasteiger partial charge in [0, 0.05) is 20.1 Å². The van der Waals surface area contributed by atoms with E-state index in [-0.39, 0.29) is 30.2 Å². The van der Waals surface area contributed by atoms with Crippen LogP contribution in [0, 0.1) is 11.7 Å². The first-order valence-corrected chi connectivity index (χ1v) is 7.87. The van der Waals surface area contributed by atoms with Crippen LogP contribution in [0.15, 0.2) is 18.2 Å². The lowest BCUT2D eigenvalue weighted by Gasteiger charge is -2.34. The number of aliphatic hydroxyl groups is 1. The molecule has 0 radical (unpaired) electrons. The van der Waals surface area contributed by atoms with Crippen molar-refractivity contribution in [2.45, 2.75) is 26.0 Å². The summed E-state index contributed by atoms with van der Waals surface area (Å²) in [6.45, 7) is 3.98. The van der Waals surface area contributed by atoms with Crippen molar-refractivity contribution in [2.24, 2.45) is 5.92 Å². The van der Waals surface area contributed by atoms with Crippen LogP contribution < -0.4 is 4.74 Å². The lowest BCUT2D eigenvalue weighted by Crippen LogP contribution is -2.47. The number of nitrogens with zero attached hydrogens (tertiary/aromatic N) is 2. The number of likely N-dealkylation sites (N-methyl/N-ethyl adjacent to an activating group) is 1. The van der Waals surface area contributed by atoms with E-state index in [0.717, 1.165) is 13.0 Å². The van der Waals surface area contributed by atoms with Crippen molar-refractivity contribution in [1.29, 1.82) is 0 Å². The van der Waals surface area contributed by atoms with Crippen LogP contribution in [0.5, 0.6) is 5.75 Å². The molecule has 1 fully saturated rings. The molecule has 1 aromatic carbocycles. The van der Waals surface area contributed by atoms with Gasteiger partial charge in [-0.15, -0.1) is 0 Å². The second kappa shape index (κ2) is 7.75. The fraction of sp³-hybridized carbons (Fsp3) is 0.588. The summed E-state index contributed by atoms with van der Waals surface area (Å²) in [5.41, 5.74) is 0.714. The largest absolute Gasteiger partial charge is 0.494 e. The van der Waals surface area contributed by atoms with Gasteiger partial charge in [-0.1, -0.05) is 13.0 Å². The summed E-state index contributed by atoms with van der Waals surface area (Å²) in [6.07, 6.45) is 0.513. The molecule has 1 heterocycles. The van der Waals surface area contributed by atoms with Crippen LogP contribution in [0.3, 0.4) is 0 Å². The highest BCUT2D eigenvalue weighted by atomic mass is 19.1. The molecule has 1 aliphatic heterocycles. The topological polar surface area (TPSA) is 53.0 Å². The maximum atomic E-state index is 13.7. The van der Waals surface area contributed by atoms with E-state index >= 15 is 0 Å². The second-order valence-corrected chi connectivity index (χ2v) is 6.29. The number of benzene rings is 1. The predicted molar refractivity (Wildman–Crippen MR) is 85.7 cm³/mol. The van der Waals surface area contributed by atoms with Crippen molar-refractivity contribution in [3.8, 4) is 5.75 Å². The lowest BCUT2D eigenvalue weighted by molar-refractivity contribution is -0.132. The number of rotatable bonds is 5. The highest BCUT2D eigenvalue weighted by Crippen LogP contribution is 2.19. The standard InChI is InChI=1S/C17H25FN2O3/c1-12-6-7-20(10-15(12)21)11-17(22)19(2)9-13-4-5-16(23-3)14(18)8-13/h4-5,8,12,15,21H,6-7,9-11H2,1-3H3. The molecule has 0 aliphatic carbocycles. The molecule has 2 rings (SSSR count). The molecule has 0 bridgehead atoms. The number of amides is 1. The Balaban J connectivity index is 1.89. The molecule has 128 valence electrons. The normalized spacial score (nSPS) is 22.0. The fourth-order valence-electron chi connectivity index (χ4n) is 2.74. The maximum absolute atomic E-state index is 13.7. The van der Waals surface area contributed by atoms with E-state index < -0.39 is 5.82 Å². The summed E-state index contributed by atoms with van der Waals surface area (Å²) in [5.74, 6) is 0.00229. The Hall–Kier alpha value is -1.66. The van der Waals surface area contributed by atoms with Gasteiger partial charge in [0.15, 0.2) is 11.6 Å². The van der Waals surface area contributed by atoms with E-state index in [2.05, 4.69) is 0 Å². The fourth-order valence-corrected chi connectivity index (χ4v) is 2.74. The lowest BCUT2D eigenvalue weighted by atomic mass is 9.96. The van der Waals surface area contributed by atoms with E-state index in [1.54, 1.807) is 24.1 Å². The molecule has 1 N–H and O–H groups in total. The van der Waals surface area contributed by atoms with E-state index in [1.807, 2.05) is 11.8 Å². The molecule has 0 saturated carbocycles. The maximum Gasteiger partial charge on any atom is 0.236 e. The van der Waals surface area contributed by atoms with Crippen molar-refractivity contribution in [2.75, 3.05) is 33.8 Å². The summed E-state index contributed by atoms with van der Waals surface area (Å²) in [6, 6.07) is 4.69. The number of aliphatic hydroxyl groups excluding tert-OH is 1. The zero-order chi connectivity index (χ0) is 17.0. The van der Waals surface area contributed by atoms with Gasteiger partial charge in [0.25, 0.3) is 0 Å². The Morgan fingerprint density at radius 2 is 2.26 bits per heavy atom. The zero-order valence-corrected chi connectivity index (χ0v) is 14.0. The van der Waals surface area contributed by atoms with Crippen LogP contribution >= 0.6 is 0 Å². The van der Waals surface area contributed by atoms with E-state index in [1.165, 1.54) is 13.2 Å². The Labute approximate surface area is 136 Å². The number of carbonyl (C=O) groups excluding carboxylic acids is 1. The number of methoxy groups -OCH3 is 1. The number of hydrogen-bond acceptors (Lipinski definition) is 4. The highest BCUT2D eigenvalue weighted by molar-refractivity contribution is 5.78. The molecule has 2 unspecified atom stereocenters. The van der Waals surface area contributed by atoms with E-state index in [4.69, 9.17) is 4.74 Å². The average molecular weight is 324 g/mol. The molecule has 0 aromatic heterocycles. The Morgan fingerprint density at radius 3 is 2.87 bits per heavy atom. The third kappa shape index (κ3) is 4.65. The number of carbonyl (C=O) groups is 1. The third-order valence-electron chi connectivity index (χ3n) is 4.42. The van der Waals surface area contributed by atoms with Gasteiger partial charge in [0.1, 0.15) is 0 Å². The first-order valence-electron chi connectivity index (χ1n) is 7.87. The Kier molecular flexibility index (Phi) is 5.96. The molecule has 6 heteroatoms. The Morgan fingerprint density at radius 1 is 1.52 bits per heavy atom. The third-order valence-corrected chi connectivity index (χ3v) is 4.42. The van der Waals surface area contributed by atoms with Gasteiger partial charge >= 0.3 is 0 Å². The van der Waals surface area contributed by atoms with E-state index in [9.17, 15) is 14.3 Å². The van der Waals surface area contributed by atoms with Crippen LogP contribution in [-0.2, 0) is 11.3 Å². The summed E-state index contributed by atoms with van der Waals surface area (Å²) < 4.78 is 18.6. The number of hydrogen-bond donors (Lipinski definition) is 1. The van der Waals surface area contributed by atoms with Gasteiger partial charge in [0.05, 0.1) is 19.8 Å². The number of halogens is 1. The van der Waals surface area contributed by atoms with E-state index in [0.29, 0.717) is 18.7 Å². The van der Waals surface area contributed by atoms with Gasteiger partial charge in [-0.25, -0.2) is 4.39 Å². The summed E-state index contributed by atoms with van der Waals surface area (Å²) in [5, 5.41) is 9.89. The predicted octanol–water partition coefficient (Wildman–Crippen LogP) is 1.50. The monoisotopic (exact) mass is 324 g/mol. The van der Waals surface area contributed by atoms with Gasteiger partial charge in [0.2, 0.25) is 5.91 Å². The molecule has 5 nitrogen and oxygen atoms in total. The molecule has 0 spiro atoms.